The van der Waals surface area contributed by atoms with Crippen LogP contribution in [0.15, 0.2) is 41.1 Å². The van der Waals surface area contributed by atoms with Gasteiger partial charge in [0.15, 0.2) is 10.5 Å². The molecule has 0 bridgehead atoms. The van der Waals surface area contributed by atoms with Crippen LogP contribution in [0, 0.1) is 4.77 Å². The Labute approximate surface area is 129 Å². The highest BCUT2D eigenvalue weighted by atomic mass is 35.5. The van der Waals surface area contributed by atoms with Gasteiger partial charge in [-0.05, 0) is 36.5 Å². The summed E-state index contributed by atoms with van der Waals surface area (Å²) < 4.78 is 5.68. The second-order valence-electron chi connectivity index (χ2n) is 3.99. The van der Waals surface area contributed by atoms with E-state index in [1.807, 2.05) is 0 Å². The van der Waals surface area contributed by atoms with E-state index in [0.29, 0.717) is 32.0 Å². The van der Waals surface area contributed by atoms with Gasteiger partial charge in [0.25, 0.3) is 0 Å². The van der Waals surface area contributed by atoms with E-state index in [1.165, 1.54) is 0 Å². The van der Waals surface area contributed by atoms with Gasteiger partial charge < -0.3 is 9.51 Å². The zero-order valence-corrected chi connectivity index (χ0v) is 12.3. The third-order valence-corrected chi connectivity index (χ3v) is 3.41. The van der Waals surface area contributed by atoms with E-state index in [1.54, 1.807) is 36.5 Å². The Kier molecular flexibility index (Phi) is 3.56. The molecule has 0 unspecified atom stereocenters. The van der Waals surface area contributed by atoms with Gasteiger partial charge in [0, 0.05) is 22.8 Å². The fraction of sp³-hybridized carbons (Fsp3) is 0. The number of H-pyrrole nitrogens is 1. The summed E-state index contributed by atoms with van der Waals surface area (Å²) in [5.41, 5.74) is 2.07. The van der Waals surface area contributed by atoms with E-state index in [0.717, 1.165) is 5.56 Å². The normalized spacial score (nSPS) is 10.7. The Morgan fingerprint density at radius 3 is 2.75 bits per heavy atom. The Balaban J connectivity index is 2.04. The average molecular weight is 324 g/mol. The lowest BCUT2D eigenvalue weighted by Crippen LogP contribution is -1.83. The zero-order chi connectivity index (χ0) is 14.1. The van der Waals surface area contributed by atoms with Crippen molar-refractivity contribution in [1.82, 2.24) is 15.1 Å². The number of hydrogen-bond donors (Lipinski definition) is 1. The van der Waals surface area contributed by atoms with Crippen molar-refractivity contribution in [3.05, 3.63) is 51.3 Å². The molecule has 0 saturated heterocycles. The molecule has 0 aliphatic rings. The summed E-state index contributed by atoms with van der Waals surface area (Å²) in [6, 6.07) is 8.73. The van der Waals surface area contributed by atoms with Crippen molar-refractivity contribution in [2.45, 2.75) is 0 Å². The maximum Gasteiger partial charge on any atom is 0.197 e. The molecule has 4 nitrogen and oxygen atoms in total. The Hall–Kier alpha value is -1.69. The molecule has 3 rings (SSSR count). The van der Waals surface area contributed by atoms with Crippen LogP contribution in [0.25, 0.3) is 22.7 Å². The molecule has 0 amide bonds. The Bertz CT molecular complexity index is 828. The third kappa shape index (κ3) is 2.60. The molecule has 3 aromatic rings. The molecule has 0 atom stereocenters. The van der Waals surface area contributed by atoms with Crippen LogP contribution < -0.4 is 0 Å². The van der Waals surface area contributed by atoms with Crippen molar-refractivity contribution in [2.75, 3.05) is 0 Å². The van der Waals surface area contributed by atoms with Gasteiger partial charge in [-0.15, -0.1) is 0 Å². The number of halogens is 2. The van der Waals surface area contributed by atoms with Crippen LogP contribution in [-0.4, -0.2) is 15.1 Å². The van der Waals surface area contributed by atoms with Crippen LogP contribution in [0.3, 0.4) is 0 Å². The molecule has 0 saturated carbocycles. The lowest BCUT2D eigenvalue weighted by Gasteiger charge is -1.99. The van der Waals surface area contributed by atoms with Crippen LogP contribution >= 0.6 is 35.4 Å². The van der Waals surface area contributed by atoms with E-state index in [4.69, 9.17) is 39.9 Å². The largest absolute Gasteiger partial charge is 0.354 e. The molecule has 2 aromatic heterocycles. The average Bonchev–Trinajstić information content (AvgIpc) is 2.88. The number of nitrogens with zero attached hydrogens (tertiary/aromatic N) is 2. The van der Waals surface area contributed by atoms with Crippen LogP contribution in [0.5, 0.6) is 0 Å². The highest BCUT2D eigenvalue weighted by molar-refractivity contribution is 7.71. The van der Waals surface area contributed by atoms with E-state index < -0.39 is 0 Å². The highest BCUT2D eigenvalue weighted by Gasteiger charge is 2.12. The minimum absolute atomic E-state index is 0.380. The van der Waals surface area contributed by atoms with Crippen molar-refractivity contribution in [2.24, 2.45) is 0 Å². The predicted octanol–water partition coefficient (Wildman–Crippen LogP) is 4.77. The smallest absolute Gasteiger partial charge is 0.197 e. The van der Waals surface area contributed by atoms with Gasteiger partial charge in [-0.25, -0.2) is 4.98 Å². The molecule has 1 N–H and O–H groups in total. The maximum atomic E-state index is 6.14. The maximum absolute atomic E-state index is 6.14. The molecule has 2 heterocycles. The number of aromatic nitrogens is 3. The summed E-state index contributed by atoms with van der Waals surface area (Å²) in [5, 5.41) is 5.09. The molecular weight excluding hydrogens is 317 g/mol. The monoisotopic (exact) mass is 323 g/mol. The van der Waals surface area contributed by atoms with E-state index in [-0.39, 0.29) is 0 Å². The van der Waals surface area contributed by atoms with Gasteiger partial charge in [-0.2, -0.15) is 0 Å². The summed E-state index contributed by atoms with van der Waals surface area (Å²) in [6.07, 6.45) is 1.60. The number of nitrogens with one attached hydrogen (secondary N) is 1. The lowest BCUT2D eigenvalue weighted by atomic mass is 10.1. The molecule has 1 aromatic carbocycles. The Morgan fingerprint density at radius 2 is 2.00 bits per heavy atom. The van der Waals surface area contributed by atoms with Gasteiger partial charge in [-0.3, -0.25) is 0 Å². The highest BCUT2D eigenvalue weighted by Crippen LogP contribution is 2.31. The van der Waals surface area contributed by atoms with E-state index >= 15 is 0 Å². The summed E-state index contributed by atoms with van der Waals surface area (Å²) in [5.74, 6) is 0.555. The Morgan fingerprint density at radius 1 is 1.15 bits per heavy atom. The number of rotatable bonds is 2. The van der Waals surface area contributed by atoms with Crippen LogP contribution in [0.2, 0.25) is 10.0 Å². The molecule has 0 radical (unpaired) electrons. The summed E-state index contributed by atoms with van der Waals surface area (Å²) >= 11 is 17.0. The standard InChI is InChI=1S/C13H7Cl2N3OS/c14-7-1-2-8(9(15)5-7)11-6-12(19-18-11)10-3-4-16-13(20)17-10/h1-6H,(H,16,17,20). The second-order valence-corrected chi connectivity index (χ2v) is 5.22. The van der Waals surface area contributed by atoms with Crippen LogP contribution in [0.1, 0.15) is 0 Å². The third-order valence-electron chi connectivity index (χ3n) is 2.66. The first-order valence-corrected chi connectivity index (χ1v) is 6.78. The quantitative estimate of drug-likeness (QED) is 0.690. The minimum atomic E-state index is 0.380. The molecule has 0 aliphatic carbocycles. The predicted molar refractivity (Wildman–Crippen MR) is 80.4 cm³/mol. The molecule has 7 heteroatoms. The summed E-state index contributed by atoms with van der Waals surface area (Å²) in [4.78, 5) is 6.84. The van der Waals surface area contributed by atoms with Gasteiger partial charge in [-0.1, -0.05) is 28.4 Å². The number of aromatic amines is 1. The zero-order valence-electron chi connectivity index (χ0n) is 9.93. The topological polar surface area (TPSA) is 54.7 Å². The first kappa shape index (κ1) is 13.3. The summed E-state index contributed by atoms with van der Waals surface area (Å²) in [7, 11) is 0. The van der Waals surface area contributed by atoms with Crippen LogP contribution in [-0.2, 0) is 0 Å². The minimum Gasteiger partial charge on any atom is -0.354 e. The molecule has 20 heavy (non-hydrogen) atoms. The van der Waals surface area contributed by atoms with Gasteiger partial charge in [0.05, 0.1) is 10.7 Å². The second kappa shape index (κ2) is 5.36. The molecule has 0 fully saturated rings. The molecular formula is C13H7Cl2N3OS. The van der Waals surface area contributed by atoms with Crippen molar-refractivity contribution in [3.63, 3.8) is 0 Å². The first-order valence-electron chi connectivity index (χ1n) is 5.61. The molecule has 100 valence electrons. The SMILES string of the molecule is S=c1nccc(-c2cc(-c3ccc(Cl)cc3Cl)no2)[nH]1. The van der Waals surface area contributed by atoms with Crippen molar-refractivity contribution in [1.29, 1.82) is 0 Å². The van der Waals surface area contributed by atoms with E-state index in [2.05, 4.69) is 15.1 Å². The molecule has 0 aliphatic heterocycles. The van der Waals surface area contributed by atoms with Gasteiger partial charge >= 0.3 is 0 Å². The lowest BCUT2D eigenvalue weighted by molar-refractivity contribution is 0.433. The number of benzene rings is 1. The molecule has 0 spiro atoms. The van der Waals surface area contributed by atoms with Crippen molar-refractivity contribution < 1.29 is 4.52 Å². The van der Waals surface area contributed by atoms with Gasteiger partial charge in [0.2, 0.25) is 0 Å². The fourth-order valence-corrected chi connectivity index (χ4v) is 2.41. The van der Waals surface area contributed by atoms with Gasteiger partial charge in [0.1, 0.15) is 5.69 Å². The van der Waals surface area contributed by atoms with Crippen LogP contribution in [0.4, 0.5) is 0 Å². The van der Waals surface area contributed by atoms with Crippen molar-refractivity contribution >= 4 is 35.4 Å². The fourth-order valence-electron chi connectivity index (χ4n) is 1.74. The first-order chi connectivity index (χ1) is 9.63. The van der Waals surface area contributed by atoms with Crippen molar-refractivity contribution in [3.8, 4) is 22.7 Å². The number of hydrogen-bond acceptors (Lipinski definition) is 4. The summed E-state index contributed by atoms with van der Waals surface area (Å²) in [6.45, 7) is 0. The van der Waals surface area contributed by atoms with E-state index in [9.17, 15) is 0 Å².